The molecule has 5 heterocycles. The minimum absolute atomic E-state index is 0.0949. The zero-order valence-electron chi connectivity index (χ0n) is 15.7. The molecule has 4 fully saturated rings. The number of benzene rings is 1. The number of likely N-dealkylation sites (N-methyl/N-ethyl adjacent to an activating group) is 1. The van der Waals surface area contributed by atoms with E-state index < -0.39 is 21.2 Å². The molecule has 1 unspecified atom stereocenters. The number of carbonyl (C=O) groups excluding carboxylic acids is 2. The molecule has 0 saturated carbocycles. The molecule has 4 saturated heterocycles. The van der Waals surface area contributed by atoms with E-state index in [2.05, 4.69) is 6.07 Å². The van der Waals surface area contributed by atoms with Gasteiger partial charge in [-0.05, 0) is 31.0 Å². The van der Waals surface area contributed by atoms with Crippen LogP contribution in [-0.2, 0) is 9.59 Å². The fraction of sp³-hybridized carbons (Fsp3) is 0.526. The van der Waals surface area contributed by atoms with Crippen LogP contribution in [0.1, 0.15) is 38.3 Å². The molecule has 2 bridgehead atoms. The first kappa shape index (κ1) is 18.0. The number of fused-ring (bicyclic) bond motifs is 3. The third-order valence-corrected chi connectivity index (χ3v) is 10.1. The normalized spacial score (nSPS) is 38.0. The first-order valence-electron chi connectivity index (χ1n) is 9.13. The van der Waals surface area contributed by atoms with Gasteiger partial charge in [-0.2, -0.15) is 5.26 Å². The summed E-state index contributed by atoms with van der Waals surface area (Å²) in [6, 6.07) is 7.39. The number of hydrogen-bond donors (Lipinski definition) is 0. The molecule has 2 amide bonds. The summed E-state index contributed by atoms with van der Waals surface area (Å²) >= 11 is 0. The van der Waals surface area contributed by atoms with Gasteiger partial charge in [-0.1, -0.05) is 34.6 Å². The monoisotopic (exact) mass is 417 g/mol. The van der Waals surface area contributed by atoms with Gasteiger partial charge in [0.15, 0.2) is 21.2 Å². The van der Waals surface area contributed by atoms with E-state index >= 15 is 0 Å². The fourth-order valence-corrected chi connectivity index (χ4v) is 8.83. The number of ether oxygens (including phenoxy) is 2. The molecule has 1 aromatic rings. The van der Waals surface area contributed by atoms with E-state index in [4.69, 9.17) is 9.47 Å². The van der Waals surface area contributed by atoms with Gasteiger partial charge in [-0.15, -0.1) is 0 Å². The number of amides is 2. The van der Waals surface area contributed by atoms with Crippen molar-refractivity contribution in [1.82, 2.24) is 9.80 Å². The molecular weight excluding hydrogens is 398 g/mol. The molecule has 0 aliphatic carbocycles. The molecule has 0 aromatic heterocycles. The average molecular weight is 418 g/mol. The topological polar surface area (TPSA) is 82.9 Å². The second kappa shape index (κ2) is 5.51. The second-order valence-electron chi connectivity index (χ2n) is 7.85. The molecule has 7 nitrogen and oxygen atoms in total. The molecule has 0 N–H and O–H groups in total. The van der Waals surface area contributed by atoms with Crippen molar-refractivity contribution < 1.29 is 19.1 Å². The van der Waals surface area contributed by atoms with E-state index in [1.165, 1.54) is 21.6 Å². The highest BCUT2D eigenvalue weighted by atomic mass is 33.1. The third kappa shape index (κ3) is 1.88. The Balaban J connectivity index is 1.71. The molecule has 28 heavy (non-hydrogen) atoms. The molecule has 146 valence electrons. The Bertz CT molecular complexity index is 965. The third-order valence-electron chi connectivity index (χ3n) is 6.36. The maximum atomic E-state index is 13.7. The van der Waals surface area contributed by atoms with Crippen LogP contribution in [0.4, 0.5) is 0 Å². The summed E-state index contributed by atoms with van der Waals surface area (Å²) in [7, 11) is 4.59. The van der Waals surface area contributed by atoms with Crippen LogP contribution >= 0.6 is 21.6 Å². The summed E-state index contributed by atoms with van der Waals surface area (Å²) in [6.07, 6.45) is 0.803. The zero-order valence-corrected chi connectivity index (χ0v) is 17.4. The van der Waals surface area contributed by atoms with Gasteiger partial charge >= 0.3 is 0 Å². The molecule has 5 aliphatic heterocycles. The minimum Gasteiger partial charge on any atom is -0.454 e. The molecule has 5 aliphatic rings. The SMILES string of the molecule is CC[C@]12SS[C@@]3(C[C@](C)(C#N)C(c4ccc5c(c4)OCO5)N3C1=O)C(=O)N2C. The number of nitrogens with zero attached hydrogens (tertiary/aromatic N) is 3. The standard InChI is InChI=1S/C19H19N3O4S2/c1-4-18-16(24)22-14(11-5-6-12-13(7-11)26-10-25-12)17(2,9-20)8-19(22,28-27-18)15(23)21(18)3/h5-7,14H,4,8,10H2,1-3H3/t14?,17-,18+,19+/m1/s1. The highest BCUT2D eigenvalue weighted by Gasteiger charge is 2.75. The molecule has 0 radical (unpaired) electrons. The van der Waals surface area contributed by atoms with Crippen LogP contribution in [-0.4, -0.2) is 45.2 Å². The van der Waals surface area contributed by atoms with E-state index in [-0.39, 0.29) is 18.6 Å². The Morgan fingerprint density at radius 3 is 2.71 bits per heavy atom. The van der Waals surface area contributed by atoms with Crippen molar-refractivity contribution in [2.24, 2.45) is 5.41 Å². The Labute approximate surface area is 170 Å². The van der Waals surface area contributed by atoms with Crippen molar-refractivity contribution in [2.75, 3.05) is 13.8 Å². The van der Waals surface area contributed by atoms with Crippen LogP contribution in [0.25, 0.3) is 0 Å². The summed E-state index contributed by atoms with van der Waals surface area (Å²) in [5.74, 6) is 1.06. The quantitative estimate of drug-likeness (QED) is 0.684. The number of piperazine rings is 1. The first-order chi connectivity index (χ1) is 13.3. The van der Waals surface area contributed by atoms with Crippen LogP contribution in [0.2, 0.25) is 0 Å². The predicted molar refractivity (Wildman–Crippen MR) is 104 cm³/mol. The van der Waals surface area contributed by atoms with Gasteiger partial charge in [0.1, 0.15) is 0 Å². The van der Waals surface area contributed by atoms with E-state index in [1.54, 1.807) is 22.9 Å². The fourth-order valence-electron chi connectivity index (χ4n) is 4.87. The lowest BCUT2D eigenvalue weighted by Crippen LogP contribution is -2.74. The largest absolute Gasteiger partial charge is 0.454 e. The summed E-state index contributed by atoms with van der Waals surface area (Å²) in [6.45, 7) is 3.91. The lowest BCUT2D eigenvalue weighted by molar-refractivity contribution is -0.165. The summed E-state index contributed by atoms with van der Waals surface area (Å²) < 4.78 is 10.9. The summed E-state index contributed by atoms with van der Waals surface area (Å²) in [4.78, 5) is 28.4. The second-order valence-corrected chi connectivity index (χ2v) is 10.5. The molecule has 9 heteroatoms. The molecule has 1 spiro atoms. The first-order valence-corrected chi connectivity index (χ1v) is 11.3. The smallest absolute Gasteiger partial charge is 0.262 e. The molecular formula is C19H19N3O4S2. The summed E-state index contributed by atoms with van der Waals surface area (Å²) in [5, 5.41) is 10.1. The number of nitriles is 1. The Morgan fingerprint density at radius 1 is 1.25 bits per heavy atom. The van der Waals surface area contributed by atoms with Gasteiger partial charge in [0.05, 0.1) is 17.5 Å². The van der Waals surface area contributed by atoms with Crippen LogP contribution in [0.3, 0.4) is 0 Å². The van der Waals surface area contributed by atoms with E-state index in [1.807, 2.05) is 26.0 Å². The van der Waals surface area contributed by atoms with Crippen LogP contribution in [0, 0.1) is 16.7 Å². The predicted octanol–water partition coefficient (Wildman–Crippen LogP) is 2.89. The molecule has 6 rings (SSSR count). The molecule has 1 aromatic carbocycles. The average Bonchev–Trinajstić information content (AvgIpc) is 3.27. The van der Waals surface area contributed by atoms with Crippen LogP contribution in [0.15, 0.2) is 18.2 Å². The van der Waals surface area contributed by atoms with Crippen LogP contribution in [0.5, 0.6) is 11.5 Å². The van der Waals surface area contributed by atoms with Crippen molar-refractivity contribution in [3.8, 4) is 17.6 Å². The van der Waals surface area contributed by atoms with E-state index in [0.29, 0.717) is 24.3 Å². The van der Waals surface area contributed by atoms with Crippen molar-refractivity contribution in [2.45, 2.75) is 42.5 Å². The number of carbonyl (C=O) groups is 2. The van der Waals surface area contributed by atoms with E-state index in [0.717, 1.165) is 5.56 Å². The van der Waals surface area contributed by atoms with Gasteiger partial charge in [0.2, 0.25) is 6.79 Å². The Morgan fingerprint density at radius 2 is 2.00 bits per heavy atom. The Hall–Kier alpha value is -2.05. The van der Waals surface area contributed by atoms with Gasteiger partial charge in [-0.25, -0.2) is 0 Å². The van der Waals surface area contributed by atoms with Crippen molar-refractivity contribution in [3.63, 3.8) is 0 Å². The highest BCUT2D eigenvalue weighted by Crippen LogP contribution is 2.70. The minimum atomic E-state index is -1.06. The maximum absolute atomic E-state index is 13.7. The van der Waals surface area contributed by atoms with E-state index in [9.17, 15) is 14.9 Å². The lowest BCUT2D eigenvalue weighted by Gasteiger charge is -2.58. The molecule has 4 atom stereocenters. The van der Waals surface area contributed by atoms with Gasteiger partial charge < -0.3 is 19.3 Å². The zero-order chi connectivity index (χ0) is 19.9. The van der Waals surface area contributed by atoms with Crippen molar-refractivity contribution in [3.05, 3.63) is 23.8 Å². The van der Waals surface area contributed by atoms with Gasteiger partial charge in [-0.3, -0.25) is 9.59 Å². The van der Waals surface area contributed by atoms with Crippen molar-refractivity contribution >= 4 is 33.4 Å². The van der Waals surface area contributed by atoms with Gasteiger partial charge in [0.25, 0.3) is 11.8 Å². The highest BCUT2D eigenvalue weighted by molar-refractivity contribution is 8.78. The van der Waals surface area contributed by atoms with Crippen molar-refractivity contribution in [1.29, 1.82) is 5.26 Å². The Kier molecular flexibility index (Phi) is 3.55. The maximum Gasteiger partial charge on any atom is 0.262 e. The number of rotatable bonds is 2. The number of hydrogen-bond acceptors (Lipinski definition) is 7. The lowest BCUT2D eigenvalue weighted by atomic mass is 9.79. The summed E-state index contributed by atoms with van der Waals surface area (Å²) in [5.41, 5.74) is -0.111. The van der Waals surface area contributed by atoms with Gasteiger partial charge in [0, 0.05) is 13.5 Å². The van der Waals surface area contributed by atoms with Crippen LogP contribution < -0.4 is 9.47 Å².